The third-order valence-electron chi connectivity index (χ3n) is 4.92. The van der Waals surface area contributed by atoms with Crippen LogP contribution in [0, 0.1) is 11.7 Å². The zero-order valence-corrected chi connectivity index (χ0v) is 13.7. The SMILES string of the molecule is O=C1C(C2CC(c3ccc(F)cc3)CCN2S(=O)(=O)O)CCN1O. The van der Waals surface area contributed by atoms with Crippen molar-refractivity contribution in [1.29, 1.82) is 0 Å². The van der Waals surface area contributed by atoms with Crippen LogP contribution in [0.2, 0.25) is 0 Å². The van der Waals surface area contributed by atoms with Crippen LogP contribution in [-0.4, -0.2) is 52.6 Å². The summed E-state index contributed by atoms with van der Waals surface area (Å²) in [5, 5.41) is 10.1. The molecule has 132 valence electrons. The van der Waals surface area contributed by atoms with E-state index in [1.807, 2.05) is 0 Å². The minimum Gasteiger partial charge on any atom is -0.286 e. The lowest BCUT2D eigenvalue weighted by Crippen LogP contribution is -2.50. The van der Waals surface area contributed by atoms with Crippen LogP contribution in [0.15, 0.2) is 24.3 Å². The second-order valence-electron chi connectivity index (χ2n) is 6.29. The van der Waals surface area contributed by atoms with Crippen molar-refractivity contribution >= 4 is 16.2 Å². The molecule has 1 aromatic rings. The Morgan fingerprint density at radius 1 is 1.12 bits per heavy atom. The first-order chi connectivity index (χ1) is 11.3. The van der Waals surface area contributed by atoms with Gasteiger partial charge in [0.05, 0.1) is 5.92 Å². The number of carbonyl (C=O) groups excluding carboxylic acids is 1. The number of amides is 1. The maximum atomic E-state index is 13.1. The number of nitrogens with zero attached hydrogens (tertiary/aromatic N) is 2. The second kappa shape index (κ2) is 6.40. The van der Waals surface area contributed by atoms with Gasteiger partial charge in [-0.05, 0) is 42.9 Å². The summed E-state index contributed by atoms with van der Waals surface area (Å²) >= 11 is 0. The summed E-state index contributed by atoms with van der Waals surface area (Å²) in [6.07, 6.45) is 1.11. The van der Waals surface area contributed by atoms with Crippen molar-refractivity contribution in [3.05, 3.63) is 35.6 Å². The zero-order chi connectivity index (χ0) is 17.5. The van der Waals surface area contributed by atoms with Gasteiger partial charge >= 0.3 is 10.3 Å². The molecular formula is C15H19FN2O5S. The Bertz CT molecular complexity index is 724. The molecular weight excluding hydrogens is 339 g/mol. The van der Waals surface area contributed by atoms with Crippen molar-refractivity contribution in [2.45, 2.75) is 31.2 Å². The summed E-state index contributed by atoms with van der Waals surface area (Å²) < 4.78 is 46.9. The average molecular weight is 358 g/mol. The molecule has 2 aliphatic heterocycles. The third kappa shape index (κ3) is 3.30. The van der Waals surface area contributed by atoms with Crippen molar-refractivity contribution in [2.75, 3.05) is 13.1 Å². The van der Waals surface area contributed by atoms with Gasteiger partial charge in [-0.15, -0.1) is 0 Å². The molecule has 1 aromatic carbocycles. The summed E-state index contributed by atoms with van der Waals surface area (Å²) in [7, 11) is -4.44. The number of piperidine rings is 1. The predicted octanol–water partition coefficient (Wildman–Crippen LogP) is 1.41. The van der Waals surface area contributed by atoms with Crippen molar-refractivity contribution in [1.82, 2.24) is 9.37 Å². The molecule has 0 spiro atoms. The maximum Gasteiger partial charge on any atom is 0.336 e. The van der Waals surface area contributed by atoms with E-state index in [9.17, 15) is 27.4 Å². The molecule has 3 rings (SSSR count). The normalized spacial score (nSPS) is 29.2. The fourth-order valence-electron chi connectivity index (χ4n) is 3.71. The quantitative estimate of drug-likeness (QED) is 0.629. The molecule has 2 N–H and O–H groups in total. The molecule has 3 unspecified atom stereocenters. The van der Waals surface area contributed by atoms with E-state index < -0.39 is 28.2 Å². The largest absolute Gasteiger partial charge is 0.336 e. The standard InChI is InChI=1S/C15H19FN2O5S/c16-12-3-1-10(2-4-12)11-5-8-18(24(21,22)23)14(9-11)13-6-7-17(20)15(13)19/h1-4,11,13-14,20H,5-9H2,(H,21,22,23). The highest BCUT2D eigenvalue weighted by Gasteiger charge is 2.46. The van der Waals surface area contributed by atoms with E-state index in [2.05, 4.69) is 0 Å². The lowest BCUT2D eigenvalue weighted by molar-refractivity contribution is -0.161. The van der Waals surface area contributed by atoms with Crippen LogP contribution in [-0.2, 0) is 15.1 Å². The lowest BCUT2D eigenvalue weighted by Gasteiger charge is -2.39. The maximum absolute atomic E-state index is 13.1. The van der Waals surface area contributed by atoms with Gasteiger partial charge in [0.25, 0.3) is 5.91 Å². The van der Waals surface area contributed by atoms with Crippen LogP contribution < -0.4 is 0 Å². The molecule has 9 heteroatoms. The number of halogens is 1. The van der Waals surface area contributed by atoms with Gasteiger partial charge in [-0.2, -0.15) is 12.7 Å². The fourth-order valence-corrected chi connectivity index (χ4v) is 4.62. The molecule has 7 nitrogen and oxygen atoms in total. The number of benzene rings is 1. The molecule has 2 fully saturated rings. The summed E-state index contributed by atoms with van der Waals surface area (Å²) in [4.78, 5) is 12.1. The summed E-state index contributed by atoms with van der Waals surface area (Å²) in [5.41, 5.74) is 0.864. The molecule has 0 aliphatic carbocycles. The molecule has 24 heavy (non-hydrogen) atoms. The van der Waals surface area contributed by atoms with Crippen LogP contribution in [0.4, 0.5) is 4.39 Å². The fraction of sp³-hybridized carbons (Fsp3) is 0.533. The lowest BCUT2D eigenvalue weighted by atomic mass is 9.81. The zero-order valence-electron chi connectivity index (χ0n) is 12.9. The van der Waals surface area contributed by atoms with Gasteiger partial charge in [-0.3, -0.25) is 14.6 Å². The topological polar surface area (TPSA) is 98.2 Å². The monoisotopic (exact) mass is 358 g/mol. The van der Waals surface area contributed by atoms with Crippen LogP contribution >= 0.6 is 0 Å². The minimum absolute atomic E-state index is 0.0471. The molecule has 0 radical (unpaired) electrons. The van der Waals surface area contributed by atoms with Crippen molar-refractivity contribution < 1.29 is 27.4 Å². The molecule has 2 heterocycles. The Hall–Kier alpha value is -1.55. The Morgan fingerprint density at radius 2 is 1.79 bits per heavy atom. The van der Waals surface area contributed by atoms with E-state index in [4.69, 9.17) is 0 Å². The first-order valence-electron chi connectivity index (χ1n) is 7.77. The van der Waals surface area contributed by atoms with Crippen LogP contribution in [0.5, 0.6) is 0 Å². The van der Waals surface area contributed by atoms with Crippen molar-refractivity contribution in [2.24, 2.45) is 5.92 Å². The van der Waals surface area contributed by atoms with Gasteiger partial charge in [0.1, 0.15) is 5.82 Å². The summed E-state index contributed by atoms with van der Waals surface area (Å²) in [6, 6.07) is 5.25. The average Bonchev–Trinajstić information content (AvgIpc) is 2.86. The molecule has 0 aromatic heterocycles. The Kier molecular flexibility index (Phi) is 4.60. The number of hydroxylamine groups is 2. The highest BCUT2D eigenvalue weighted by molar-refractivity contribution is 7.83. The number of rotatable bonds is 3. The number of carbonyl (C=O) groups is 1. The molecule has 0 bridgehead atoms. The Labute approximate surface area is 139 Å². The minimum atomic E-state index is -4.44. The highest BCUT2D eigenvalue weighted by atomic mass is 32.2. The number of hydrogen-bond donors (Lipinski definition) is 2. The summed E-state index contributed by atoms with van der Waals surface area (Å²) in [5.74, 6) is -1.63. The van der Waals surface area contributed by atoms with E-state index in [0.29, 0.717) is 24.3 Å². The van der Waals surface area contributed by atoms with Crippen LogP contribution in [0.1, 0.15) is 30.7 Å². The molecule has 3 atom stereocenters. The van der Waals surface area contributed by atoms with Gasteiger partial charge in [-0.1, -0.05) is 12.1 Å². The van der Waals surface area contributed by atoms with E-state index in [0.717, 1.165) is 9.87 Å². The van der Waals surface area contributed by atoms with E-state index >= 15 is 0 Å². The van der Waals surface area contributed by atoms with Crippen LogP contribution in [0.25, 0.3) is 0 Å². The van der Waals surface area contributed by atoms with Gasteiger partial charge in [0.2, 0.25) is 0 Å². The van der Waals surface area contributed by atoms with Crippen molar-refractivity contribution in [3.63, 3.8) is 0 Å². The number of hydrogen-bond acceptors (Lipinski definition) is 4. The predicted molar refractivity (Wildman–Crippen MR) is 82.0 cm³/mol. The Morgan fingerprint density at radius 3 is 2.33 bits per heavy atom. The van der Waals surface area contributed by atoms with Gasteiger partial charge in [-0.25, -0.2) is 9.45 Å². The second-order valence-corrected chi connectivity index (χ2v) is 7.65. The highest BCUT2D eigenvalue weighted by Crippen LogP contribution is 2.38. The molecule has 2 aliphatic rings. The smallest absolute Gasteiger partial charge is 0.286 e. The van der Waals surface area contributed by atoms with Crippen molar-refractivity contribution in [3.8, 4) is 0 Å². The van der Waals surface area contributed by atoms with Crippen LogP contribution in [0.3, 0.4) is 0 Å². The summed E-state index contributed by atoms with van der Waals surface area (Å²) in [6.45, 7) is 0.210. The van der Waals surface area contributed by atoms with E-state index in [-0.39, 0.29) is 24.8 Å². The van der Waals surface area contributed by atoms with Gasteiger partial charge in [0, 0.05) is 19.1 Å². The Balaban J connectivity index is 1.87. The van der Waals surface area contributed by atoms with E-state index in [1.165, 1.54) is 12.1 Å². The first kappa shape index (κ1) is 17.3. The van der Waals surface area contributed by atoms with Gasteiger partial charge < -0.3 is 0 Å². The van der Waals surface area contributed by atoms with E-state index in [1.54, 1.807) is 12.1 Å². The first-order valence-corrected chi connectivity index (χ1v) is 9.17. The molecule has 2 saturated heterocycles. The molecule has 1 amide bonds. The molecule has 0 saturated carbocycles. The third-order valence-corrected chi connectivity index (χ3v) is 5.97. The van der Waals surface area contributed by atoms with Gasteiger partial charge in [0.15, 0.2) is 0 Å².